The number of thiazole rings is 1. The lowest BCUT2D eigenvalue weighted by Gasteiger charge is -2.04. The highest BCUT2D eigenvalue weighted by Crippen LogP contribution is 2.25. The number of methoxy groups -OCH3 is 1. The van der Waals surface area contributed by atoms with Crippen molar-refractivity contribution >= 4 is 50.5 Å². The Morgan fingerprint density at radius 3 is 2.79 bits per heavy atom. The van der Waals surface area contributed by atoms with Crippen LogP contribution in [0.5, 0.6) is 0 Å². The van der Waals surface area contributed by atoms with Crippen molar-refractivity contribution in [3.8, 4) is 0 Å². The van der Waals surface area contributed by atoms with Crippen LogP contribution in [0.15, 0.2) is 28.2 Å². The average molecular weight is 362 g/mol. The van der Waals surface area contributed by atoms with Crippen LogP contribution in [0.1, 0.15) is 15.4 Å². The average Bonchev–Trinajstić information content (AvgIpc) is 2.74. The second kappa shape index (κ2) is 6.47. The highest BCUT2D eigenvalue weighted by Gasteiger charge is 2.17. The van der Waals surface area contributed by atoms with Crippen molar-refractivity contribution in [3.63, 3.8) is 0 Å². The Balaban J connectivity index is 2.17. The number of benzene rings is 1. The summed E-state index contributed by atoms with van der Waals surface area (Å²) in [4.78, 5) is 16.9. The van der Waals surface area contributed by atoms with Crippen LogP contribution < -0.4 is 5.32 Å². The quantitative estimate of drug-likeness (QED) is 0.897. The summed E-state index contributed by atoms with van der Waals surface area (Å²) in [5.74, 6) is -0.211. The molecule has 1 heterocycles. The van der Waals surface area contributed by atoms with Crippen molar-refractivity contribution in [1.82, 2.24) is 4.98 Å². The number of ether oxygens (including phenoxy) is 1. The molecular formula is C12H10BrClN2O2S. The highest BCUT2D eigenvalue weighted by molar-refractivity contribution is 9.11. The maximum Gasteiger partial charge on any atom is 0.267 e. The molecule has 0 saturated heterocycles. The molecule has 100 valence electrons. The summed E-state index contributed by atoms with van der Waals surface area (Å²) in [6.07, 6.45) is 0. The molecule has 1 amide bonds. The minimum atomic E-state index is -0.211. The number of aromatic nitrogens is 1. The van der Waals surface area contributed by atoms with E-state index in [1.165, 1.54) is 11.3 Å². The first-order valence-electron chi connectivity index (χ1n) is 5.31. The molecule has 0 bridgehead atoms. The van der Waals surface area contributed by atoms with Gasteiger partial charge < -0.3 is 10.1 Å². The van der Waals surface area contributed by atoms with E-state index in [9.17, 15) is 4.79 Å². The van der Waals surface area contributed by atoms with Gasteiger partial charge in [-0.15, -0.1) is 11.3 Å². The first-order valence-corrected chi connectivity index (χ1v) is 7.30. The summed E-state index contributed by atoms with van der Waals surface area (Å²) >= 11 is 10.3. The number of anilines is 1. The number of hydrogen-bond acceptors (Lipinski definition) is 4. The fraction of sp³-hybridized carbons (Fsp3) is 0.167. The summed E-state index contributed by atoms with van der Waals surface area (Å²) in [5.41, 5.74) is 1.30. The number of halogens is 2. The van der Waals surface area contributed by atoms with Crippen LogP contribution in [-0.4, -0.2) is 18.0 Å². The molecule has 0 aliphatic heterocycles. The van der Waals surface area contributed by atoms with E-state index in [2.05, 4.69) is 26.2 Å². The van der Waals surface area contributed by atoms with E-state index in [4.69, 9.17) is 16.3 Å². The molecule has 4 nitrogen and oxygen atoms in total. The summed E-state index contributed by atoms with van der Waals surface area (Å²) in [7, 11) is 1.56. The molecule has 0 fully saturated rings. The summed E-state index contributed by atoms with van der Waals surface area (Å²) in [6, 6.07) is 6.92. The Bertz CT molecular complexity index is 586. The molecule has 0 spiro atoms. The number of carbonyl (C=O) groups excluding carboxylic acids is 1. The van der Waals surface area contributed by atoms with Gasteiger partial charge >= 0.3 is 0 Å². The van der Waals surface area contributed by atoms with Gasteiger partial charge in [0.1, 0.15) is 4.88 Å². The zero-order valence-corrected chi connectivity index (χ0v) is 13.1. The van der Waals surface area contributed by atoms with E-state index in [0.29, 0.717) is 31.8 Å². The molecule has 0 radical (unpaired) electrons. The minimum absolute atomic E-state index is 0.211. The first kappa shape index (κ1) is 14.5. The maximum absolute atomic E-state index is 12.2. The Hall–Kier alpha value is -0.950. The van der Waals surface area contributed by atoms with Gasteiger partial charge in [-0.2, -0.15) is 0 Å². The van der Waals surface area contributed by atoms with E-state index in [0.717, 1.165) is 0 Å². The highest BCUT2D eigenvalue weighted by atomic mass is 79.9. The lowest BCUT2D eigenvalue weighted by atomic mass is 10.3. The van der Waals surface area contributed by atoms with E-state index in [-0.39, 0.29) is 5.91 Å². The van der Waals surface area contributed by atoms with E-state index < -0.39 is 0 Å². The predicted octanol–water partition coefficient (Wildman–Crippen LogP) is 3.96. The van der Waals surface area contributed by atoms with Crippen molar-refractivity contribution in [1.29, 1.82) is 0 Å². The van der Waals surface area contributed by atoms with E-state index in [1.807, 2.05) is 0 Å². The van der Waals surface area contributed by atoms with E-state index in [1.54, 1.807) is 31.4 Å². The van der Waals surface area contributed by atoms with Crippen molar-refractivity contribution < 1.29 is 9.53 Å². The Morgan fingerprint density at radius 2 is 2.16 bits per heavy atom. The molecular weight excluding hydrogens is 352 g/mol. The maximum atomic E-state index is 12.2. The van der Waals surface area contributed by atoms with Gasteiger partial charge in [0.15, 0.2) is 3.92 Å². The van der Waals surface area contributed by atoms with E-state index >= 15 is 0 Å². The molecule has 2 aromatic rings. The second-order valence-electron chi connectivity index (χ2n) is 3.64. The monoisotopic (exact) mass is 360 g/mol. The molecule has 0 atom stereocenters. The van der Waals surface area contributed by atoms with Gasteiger partial charge in [0, 0.05) is 17.8 Å². The largest absolute Gasteiger partial charge is 0.378 e. The van der Waals surface area contributed by atoms with Gasteiger partial charge in [-0.3, -0.25) is 4.79 Å². The summed E-state index contributed by atoms with van der Waals surface area (Å²) in [5, 5.41) is 3.42. The van der Waals surface area contributed by atoms with Crippen LogP contribution in [0.4, 0.5) is 5.69 Å². The third kappa shape index (κ3) is 3.76. The van der Waals surface area contributed by atoms with Gasteiger partial charge in [-0.05, 0) is 40.2 Å². The number of rotatable bonds is 4. The lowest BCUT2D eigenvalue weighted by Crippen LogP contribution is -2.12. The number of carbonyl (C=O) groups is 1. The minimum Gasteiger partial charge on any atom is -0.378 e. The SMILES string of the molecule is COCc1nc(Br)sc1C(=O)Nc1ccc(Cl)cc1. The Kier molecular flexibility index (Phi) is 4.93. The standard InChI is InChI=1S/C12H10BrClN2O2S/c1-18-6-9-10(19-12(13)16-9)11(17)15-8-4-2-7(14)3-5-8/h2-5H,6H2,1H3,(H,15,17). The van der Waals surface area contributed by atoms with Crippen LogP contribution in [0.25, 0.3) is 0 Å². The Morgan fingerprint density at radius 1 is 1.47 bits per heavy atom. The van der Waals surface area contributed by atoms with Crippen LogP contribution in [0.2, 0.25) is 5.02 Å². The van der Waals surface area contributed by atoms with Crippen molar-refractivity contribution in [2.24, 2.45) is 0 Å². The molecule has 19 heavy (non-hydrogen) atoms. The second-order valence-corrected chi connectivity index (χ2v) is 6.35. The lowest BCUT2D eigenvalue weighted by molar-refractivity contribution is 0.102. The number of nitrogens with zero attached hydrogens (tertiary/aromatic N) is 1. The molecule has 7 heteroatoms. The van der Waals surface area contributed by atoms with Crippen LogP contribution in [0, 0.1) is 0 Å². The number of hydrogen-bond donors (Lipinski definition) is 1. The molecule has 1 N–H and O–H groups in total. The van der Waals surface area contributed by atoms with Crippen molar-refractivity contribution in [3.05, 3.63) is 43.8 Å². The number of amides is 1. The smallest absolute Gasteiger partial charge is 0.267 e. The Labute approximate surface area is 127 Å². The number of nitrogens with one attached hydrogen (secondary N) is 1. The van der Waals surface area contributed by atoms with Gasteiger partial charge in [0.2, 0.25) is 0 Å². The van der Waals surface area contributed by atoms with Crippen LogP contribution in [0.3, 0.4) is 0 Å². The normalized spacial score (nSPS) is 10.5. The fourth-order valence-corrected chi connectivity index (χ4v) is 2.97. The van der Waals surface area contributed by atoms with Gasteiger partial charge in [-0.1, -0.05) is 11.6 Å². The van der Waals surface area contributed by atoms with Gasteiger partial charge in [0.25, 0.3) is 5.91 Å². The zero-order valence-electron chi connectivity index (χ0n) is 9.94. The van der Waals surface area contributed by atoms with Crippen LogP contribution in [-0.2, 0) is 11.3 Å². The van der Waals surface area contributed by atoms with Gasteiger partial charge in [-0.25, -0.2) is 4.98 Å². The van der Waals surface area contributed by atoms with Crippen molar-refractivity contribution in [2.75, 3.05) is 12.4 Å². The topological polar surface area (TPSA) is 51.2 Å². The summed E-state index contributed by atoms with van der Waals surface area (Å²) < 4.78 is 5.68. The predicted molar refractivity (Wildman–Crippen MR) is 79.9 cm³/mol. The van der Waals surface area contributed by atoms with Gasteiger partial charge in [0.05, 0.1) is 12.3 Å². The van der Waals surface area contributed by atoms with Crippen molar-refractivity contribution in [2.45, 2.75) is 6.61 Å². The molecule has 2 rings (SSSR count). The molecule has 1 aromatic carbocycles. The molecule has 0 saturated carbocycles. The fourth-order valence-electron chi connectivity index (χ4n) is 1.46. The molecule has 0 aliphatic carbocycles. The zero-order chi connectivity index (χ0) is 13.8. The molecule has 0 aliphatic rings. The summed E-state index contributed by atoms with van der Waals surface area (Å²) in [6.45, 7) is 0.297. The first-order chi connectivity index (χ1) is 9.10. The van der Waals surface area contributed by atoms with Crippen LogP contribution >= 0.6 is 38.9 Å². The molecule has 1 aromatic heterocycles. The molecule has 0 unspecified atom stereocenters. The third-order valence-corrected chi connectivity index (χ3v) is 4.06. The third-order valence-electron chi connectivity index (χ3n) is 2.26.